The molecule has 0 aromatic carbocycles. The molecule has 0 unspecified atom stereocenters. The fourth-order valence-electron chi connectivity index (χ4n) is 2.85. The van der Waals surface area contributed by atoms with Gasteiger partial charge in [0.2, 0.25) is 0 Å². The Morgan fingerprint density at radius 2 is 2.10 bits per heavy atom. The smallest absolute Gasteiger partial charge is 0.339 e. The van der Waals surface area contributed by atoms with Crippen LogP contribution in [0.4, 0.5) is 5.13 Å². The Balaban J connectivity index is 1.95. The molecule has 1 aliphatic heterocycles. The van der Waals surface area contributed by atoms with E-state index in [1.807, 2.05) is 19.2 Å². The summed E-state index contributed by atoms with van der Waals surface area (Å²) in [6.07, 6.45) is 2.48. The first-order valence-electron chi connectivity index (χ1n) is 7.10. The predicted octanol–water partition coefficient (Wildman–Crippen LogP) is 3.14. The zero-order valence-corrected chi connectivity index (χ0v) is 13.3. The molecule has 1 saturated heterocycles. The number of hydrogen-bond donors (Lipinski definition) is 1. The molecule has 21 heavy (non-hydrogen) atoms. The summed E-state index contributed by atoms with van der Waals surface area (Å²) in [6, 6.07) is 0. The number of H-pyrrole nitrogens is 1. The van der Waals surface area contributed by atoms with Crippen molar-refractivity contribution in [3.63, 3.8) is 0 Å². The molecule has 0 atom stereocenters. The van der Waals surface area contributed by atoms with Gasteiger partial charge in [0, 0.05) is 24.2 Å². The van der Waals surface area contributed by atoms with Gasteiger partial charge in [-0.15, -0.1) is 11.3 Å². The minimum Gasteiger partial charge on any atom is -0.465 e. The van der Waals surface area contributed by atoms with Crippen LogP contribution in [0.15, 0.2) is 5.38 Å². The van der Waals surface area contributed by atoms with Gasteiger partial charge in [-0.05, 0) is 32.3 Å². The average molecular weight is 305 g/mol. The second kappa shape index (κ2) is 5.52. The lowest BCUT2D eigenvalue weighted by molar-refractivity contribution is 0.0599. The van der Waals surface area contributed by atoms with Crippen LogP contribution in [-0.2, 0) is 4.74 Å². The highest BCUT2D eigenvalue weighted by atomic mass is 32.1. The number of esters is 1. The first kappa shape index (κ1) is 14.1. The summed E-state index contributed by atoms with van der Waals surface area (Å²) in [5, 5.41) is 3.11. The van der Waals surface area contributed by atoms with Crippen LogP contribution in [0.2, 0.25) is 0 Å². The highest BCUT2D eigenvalue weighted by Crippen LogP contribution is 2.32. The molecule has 0 radical (unpaired) electrons. The van der Waals surface area contributed by atoms with Crippen LogP contribution >= 0.6 is 11.3 Å². The Morgan fingerprint density at radius 3 is 2.76 bits per heavy atom. The quantitative estimate of drug-likeness (QED) is 0.885. The topological polar surface area (TPSA) is 58.2 Å². The third-order valence-electron chi connectivity index (χ3n) is 3.95. The lowest BCUT2D eigenvalue weighted by Gasteiger charge is -2.12. The van der Waals surface area contributed by atoms with Gasteiger partial charge >= 0.3 is 5.97 Å². The number of rotatable bonds is 3. The van der Waals surface area contributed by atoms with Crippen molar-refractivity contribution in [2.24, 2.45) is 0 Å². The molecule has 5 nitrogen and oxygen atoms in total. The van der Waals surface area contributed by atoms with Gasteiger partial charge in [0.25, 0.3) is 0 Å². The van der Waals surface area contributed by atoms with Crippen molar-refractivity contribution in [2.75, 3.05) is 25.1 Å². The molecule has 3 rings (SSSR count). The molecule has 3 heterocycles. The van der Waals surface area contributed by atoms with E-state index in [0.29, 0.717) is 5.56 Å². The van der Waals surface area contributed by atoms with E-state index in [9.17, 15) is 4.79 Å². The van der Waals surface area contributed by atoms with Crippen LogP contribution in [0, 0.1) is 13.8 Å². The molecule has 0 amide bonds. The van der Waals surface area contributed by atoms with E-state index in [2.05, 4.69) is 9.88 Å². The largest absolute Gasteiger partial charge is 0.465 e. The number of nitrogens with zero attached hydrogens (tertiary/aromatic N) is 2. The molecule has 1 N–H and O–H groups in total. The molecular weight excluding hydrogens is 286 g/mol. The maximum atomic E-state index is 11.8. The SMILES string of the molecule is COC(=O)c1c(C)[nH]c(-c2csc(N3CCCC3)n2)c1C. The van der Waals surface area contributed by atoms with Crippen molar-refractivity contribution in [1.82, 2.24) is 9.97 Å². The van der Waals surface area contributed by atoms with Gasteiger partial charge in [0.15, 0.2) is 5.13 Å². The molecule has 6 heteroatoms. The molecule has 0 saturated carbocycles. The van der Waals surface area contributed by atoms with Crippen molar-refractivity contribution < 1.29 is 9.53 Å². The second-order valence-corrected chi connectivity index (χ2v) is 6.16. The van der Waals surface area contributed by atoms with E-state index in [1.165, 1.54) is 20.0 Å². The third-order valence-corrected chi connectivity index (χ3v) is 4.85. The number of aryl methyl sites for hydroxylation is 1. The summed E-state index contributed by atoms with van der Waals surface area (Å²) in [5.41, 5.74) is 4.15. The number of anilines is 1. The monoisotopic (exact) mass is 305 g/mol. The Kier molecular flexibility index (Phi) is 3.71. The zero-order chi connectivity index (χ0) is 15.0. The van der Waals surface area contributed by atoms with Gasteiger partial charge in [0.05, 0.1) is 18.4 Å². The molecular formula is C15H19N3O2S. The molecule has 2 aromatic rings. The molecule has 0 aliphatic carbocycles. The van der Waals surface area contributed by atoms with Gasteiger partial charge in [0.1, 0.15) is 5.69 Å². The van der Waals surface area contributed by atoms with Gasteiger partial charge in [-0.2, -0.15) is 0 Å². The molecule has 0 spiro atoms. The number of thiazole rings is 1. The maximum absolute atomic E-state index is 11.8. The minimum atomic E-state index is -0.303. The summed E-state index contributed by atoms with van der Waals surface area (Å²) in [7, 11) is 1.40. The Hall–Kier alpha value is -1.82. The van der Waals surface area contributed by atoms with E-state index < -0.39 is 0 Å². The maximum Gasteiger partial charge on any atom is 0.339 e. The standard InChI is InChI=1S/C15H19N3O2S/c1-9-12(14(19)20-3)10(2)16-13(9)11-8-21-15(17-11)18-6-4-5-7-18/h8,16H,4-7H2,1-3H3. The second-order valence-electron chi connectivity index (χ2n) is 5.33. The number of ether oxygens (including phenoxy) is 1. The molecule has 2 aromatic heterocycles. The van der Waals surface area contributed by atoms with E-state index in [-0.39, 0.29) is 5.97 Å². The number of methoxy groups -OCH3 is 1. The average Bonchev–Trinajstić information content (AvgIpc) is 3.17. The van der Waals surface area contributed by atoms with Crippen LogP contribution in [0.3, 0.4) is 0 Å². The highest BCUT2D eigenvalue weighted by Gasteiger charge is 2.22. The normalized spacial score (nSPS) is 14.7. The van der Waals surface area contributed by atoms with Crippen molar-refractivity contribution in [1.29, 1.82) is 0 Å². The molecule has 1 aliphatic rings. The van der Waals surface area contributed by atoms with Gasteiger partial charge in [-0.25, -0.2) is 9.78 Å². The summed E-state index contributed by atoms with van der Waals surface area (Å²) in [5.74, 6) is -0.303. The Labute approximate surface area is 128 Å². The Morgan fingerprint density at radius 1 is 1.38 bits per heavy atom. The van der Waals surface area contributed by atoms with E-state index in [1.54, 1.807) is 11.3 Å². The minimum absolute atomic E-state index is 0.303. The van der Waals surface area contributed by atoms with Crippen molar-refractivity contribution in [3.05, 3.63) is 22.2 Å². The number of aromatic nitrogens is 2. The van der Waals surface area contributed by atoms with E-state index >= 15 is 0 Å². The lowest BCUT2D eigenvalue weighted by Crippen LogP contribution is -2.17. The van der Waals surface area contributed by atoms with Crippen molar-refractivity contribution in [3.8, 4) is 11.4 Å². The number of carbonyl (C=O) groups excluding carboxylic acids is 1. The summed E-state index contributed by atoms with van der Waals surface area (Å²) in [6.45, 7) is 5.99. The highest BCUT2D eigenvalue weighted by molar-refractivity contribution is 7.14. The number of aromatic amines is 1. The van der Waals surface area contributed by atoms with E-state index in [0.717, 1.165) is 40.9 Å². The van der Waals surface area contributed by atoms with Crippen LogP contribution < -0.4 is 4.90 Å². The lowest BCUT2D eigenvalue weighted by atomic mass is 10.1. The molecule has 112 valence electrons. The summed E-state index contributed by atoms with van der Waals surface area (Å²) < 4.78 is 4.85. The van der Waals surface area contributed by atoms with Gasteiger partial charge in [-0.1, -0.05) is 0 Å². The zero-order valence-electron chi connectivity index (χ0n) is 12.5. The molecule has 1 fully saturated rings. The summed E-state index contributed by atoms with van der Waals surface area (Å²) >= 11 is 1.66. The number of nitrogens with one attached hydrogen (secondary N) is 1. The van der Waals surface area contributed by atoms with Crippen molar-refractivity contribution >= 4 is 22.4 Å². The first-order chi connectivity index (χ1) is 10.1. The van der Waals surface area contributed by atoms with Crippen LogP contribution in [0.5, 0.6) is 0 Å². The Bertz CT molecular complexity index is 669. The van der Waals surface area contributed by atoms with Gasteiger partial charge < -0.3 is 14.6 Å². The van der Waals surface area contributed by atoms with Crippen LogP contribution in [0.1, 0.15) is 34.5 Å². The third kappa shape index (κ3) is 2.44. The van der Waals surface area contributed by atoms with Crippen LogP contribution in [-0.4, -0.2) is 36.1 Å². The van der Waals surface area contributed by atoms with Crippen molar-refractivity contribution in [2.45, 2.75) is 26.7 Å². The van der Waals surface area contributed by atoms with E-state index in [4.69, 9.17) is 9.72 Å². The fourth-order valence-corrected chi connectivity index (χ4v) is 3.72. The van der Waals surface area contributed by atoms with Gasteiger partial charge in [-0.3, -0.25) is 0 Å². The summed E-state index contributed by atoms with van der Waals surface area (Å²) in [4.78, 5) is 22.2. The number of hydrogen-bond acceptors (Lipinski definition) is 5. The van der Waals surface area contributed by atoms with Crippen LogP contribution in [0.25, 0.3) is 11.4 Å². The first-order valence-corrected chi connectivity index (χ1v) is 7.98. The fraction of sp³-hybridized carbons (Fsp3) is 0.467. The predicted molar refractivity (Wildman–Crippen MR) is 84.2 cm³/mol. The molecule has 0 bridgehead atoms. The number of carbonyl (C=O) groups is 1.